The summed E-state index contributed by atoms with van der Waals surface area (Å²) in [6, 6.07) is 6.37. The third kappa shape index (κ3) is 4.30. The first-order chi connectivity index (χ1) is 10.4. The first-order valence-electron chi connectivity index (χ1n) is 7.17. The lowest BCUT2D eigenvalue weighted by atomic mass is 10.1. The highest BCUT2D eigenvalue weighted by molar-refractivity contribution is 5.94. The number of amides is 1. The van der Waals surface area contributed by atoms with Crippen LogP contribution >= 0.6 is 12.4 Å². The van der Waals surface area contributed by atoms with Gasteiger partial charge in [-0.2, -0.15) is 5.10 Å². The second kappa shape index (κ2) is 8.08. The molecule has 0 fully saturated rings. The van der Waals surface area contributed by atoms with E-state index in [1.54, 1.807) is 28.8 Å². The van der Waals surface area contributed by atoms with Gasteiger partial charge in [-0.3, -0.25) is 4.79 Å². The van der Waals surface area contributed by atoms with E-state index in [4.69, 9.17) is 0 Å². The van der Waals surface area contributed by atoms with Gasteiger partial charge < -0.3 is 10.2 Å². The van der Waals surface area contributed by atoms with Gasteiger partial charge >= 0.3 is 0 Å². The Morgan fingerprint density at radius 1 is 1.35 bits per heavy atom. The number of benzene rings is 1. The van der Waals surface area contributed by atoms with Crippen molar-refractivity contribution in [1.29, 1.82) is 0 Å². The van der Waals surface area contributed by atoms with Crippen LogP contribution in [0.5, 0.6) is 0 Å². The maximum Gasteiger partial charge on any atom is 0.253 e. The molecule has 1 heterocycles. The van der Waals surface area contributed by atoms with Gasteiger partial charge in [0.1, 0.15) is 11.5 Å². The predicted molar refractivity (Wildman–Crippen MR) is 91.1 cm³/mol. The van der Waals surface area contributed by atoms with Crippen LogP contribution in [0, 0.1) is 19.7 Å². The van der Waals surface area contributed by atoms with Gasteiger partial charge in [0.05, 0.1) is 5.69 Å². The Morgan fingerprint density at radius 2 is 2.04 bits per heavy atom. The first-order valence-corrected chi connectivity index (χ1v) is 7.17. The summed E-state index contributed by atoms with van der Waals surface area (Å²) in [6.07, 6.45) is 0. The molecule has 0 aliphatic carbocycles. The molecule has 0 bridgehead atoms. The van der Waals surface area contributed by atoms with Crippen LogP contribution in [-0.2, 0) is 0 Å². The fourth-order valence-corrected chi connectivity index (χ4v) is 2.29. The number of rotatable bonds is 5. The number of halogens is 2. The Kier molecular flexibility index (Phi) is 6.72. The summed E-state index contributed by atoms with van der Waals surface area (Å²) in [4.78, 5) is 13.8. The standard InChI is InChI=1S/C16H21FN4O.ClH/c1-11-9-12(2)21(19-11)15-6-5-13(10-14(15)17)16(22)20(4)8-7-18-3;/h5-6,9-10,18H,7-8H2,1-4H3;1H. The molecule has 1 aromatic heterocycles. The molecule has 1 N–H and O–H groups in total. The lowest BCUT2D eigenvalue weighted by Gasteiger charge is -2.17. The number of hydrogen-bond acceptors (Lipinski definition) is 3. The SMILES string of the molecule is CNCCN(C)C(=O)c1ccc(-n2nc(C)cc2C)c(F)c1.Cl. The molecule has 0 radical (unpaired) electrons. The summed E-state index contributed by atoms with van der Waals surface area (Å²) < 4.78 is 15.9. The number of likely N-dealkylation sites (N-methyl/N-ethyl adjacent to an activating group) is 2. The number of aromatic nitrogens is 2. The Bertz CT molecular complexity index is 687. The molecule has 0 aliphatic rings. The number of aryl methyl sites for hydroxylation is 2. The molecule has 5 nitrogen and oxygen atoms in total. The van der Waals surface area contributed by atoms with Crippen LogP contribution in [0.4, 0.5) is 4.39 Å². The molecule has 2 aromatic rings. The summed E-state index contributed by atoms with van der Waals surface area (Å²) in [5.74, 6) is -0.659. The predicted octanol–water partition coefficient (Wildman–Crippen LogP) is 2.34. The monoisotopic (exact) mass is 340 g/mol. The maximum atomic E-state index is 14.4. The van der Waals surface area contributed by atoms with Crippen LogP contribution in [0.3, 0.4) is 0 Å². The number of carbonyl (C=O) groups excluding carboxylic acids is 1. The number of nitrogens with zero attached hydrogens (tertiary/aromatic N) is 3. The van der Waals surface area contributed by atoms with Crippen molar-refractivity contribution >= 4 is 18.3 Å². The second-order valence-corrected chi connectivity index (χ2v) is 5.34. The van der Waals surface area contributed by atoms with Crippen LogP contribution in [0.1, 0.15) is 21.7 Å². The maximum absolute atomic E-state index is 14.4. The second-order valence-electron chi connectivity index (χ2n) is 5.34. The lowest BCUT2D eigenvalue weighted by Crippen LogP contribution is -2.32. The Morgan fingerprint density at radius 3 is 2.57 bits per heavy atom. The van der Waals surface area contributed by atoms with Crippen molar-refractivity contribution in [1.82, 2.24) is 20.0 Å². The molecule has 126 valence electrons. The highest BCUT2D eigenvalue weighted by atomic mass is 35.5. The van der Waals surface area contributed by atoms with E-state index >= 15 is 0 Å². The molecule has 1 amide bonds. The van der Waals surface area contributed by atoms with Gasteiger partial charge in [0.15, 0.2) is 0 Å². The highest BCUT2D eigenvalue weighted by Gasteiger charge is 2.15. The minimum atomic E-state index is -0.459. The number of hydrogen-bond donors (Lipinski definition) is 1. The van der Waals surface area contributed by atoms with Gasteiger partial charge in [-0.15, -0.1) is 12.4 Å². The van der Waals surface area contributed by atoms with E-state index in [-0.39, 0.29) is 18.3 Å². The van der Waals surface area contributed by atoms with Crippen LogP contribution in [0.2, 0.25) is 0 Å². The van der Waals surface area contributed by atoms with Gasteiger partial charge in [-0.1, -0.05) is 0 Å². The Labute approximate surface area is 141 Å². The molecular formula is C16H22ClFN4O. The fraction of sp³-hybridized carbons (Fsp3) is 0.375. The Balaban J connectivity index is 0.00000264. The summed E-state index contributed by atoms with van der Waals surface area (Å²) in [5.41, 5.74) is 2.35. The molecule has 0 spiro atoms. The van der Waals surface area contributed by atoms with E-state index in [0.717, 1.165) is 11.4 Å². The van der Waals surface area contributed by atoms with E-state index in [0.29, 0.717) is 24.3 Å². The van der Waals surface area contributed by atoms with Crippen molar-refractivity contribution in [2.75, 3.05) is 27.2 Å². The molecule has 0 saturated heterocycles. The van der Waals surface area contributed by atoms with Crippen LogP contribution in [0.25, 0.3) is 5.69 Å². The smallest absolute Gasteiger partial charge is 0.253 e. The van der Waals surface area contributed by atoms with Gasteiger partial charge in [0.25, 0.3) is 5.91 Å². The van der Waals surface area contributed by atoms with Crippen LogP contribution in [-0.4, -0.2) is 47.8 Å². The summed E-state index contributed by atoms with van der Waals surface area (Å²) >= 11 is 0. The van der Waals surface area contributed by atoms with E-state index in [9.17, 15) is 9.18 Å². The minimum Gasteiger partial charge on any atom is -0.340 e. The highest BCUT2D eigenvalue weighted by Crippen LogP contribution is 2.18. The molecule has 2 rings (SSSR count). The normalized spacial score (nSPS) is 10.3. The van der Waals surface area contributed by atoms with E-state index in [1.807, 2.05) is 27.0 Å². The average Bonchev–Trinajstić information content (AvgIpc) is 2.82. The van der Waals surface area contributed by atoms with E-state index in [2.05, 4.69) is 10.4 Å². The quantitative estimate of drug-likeness (QED) is 0.909. The van der Waals surface area contributed by atoms with E-state index in [1.165, 1.54) is 6.07 Å². The molecule has 0 saturated carbocycles. The summed E-state index contributed by atoms with van der Waals surface area (Å²) in [7, 11) is 3.52. The summed E-state index contributed by atoms with van der Waals surface area (Å²) in [6.45, 7) is 4.98. The van der Waals surface area contributed by atoms with Crippen molar-refractivity contribution < 1.29 is 9.18 Å². The Hall–Kier alpha value is -1.92. The molecule has 0 aliphatic heterocycles. The third-order valence-corrected chi connectivity index (χ3v) is 3.48. The van der Waals surface area contributed by atoms with Crippen molar-refractivity contribution in [3.05, 3.63) is 47.0 Å². The molecule has 1 aromatic carbocycles. The van der Waals surface area contributed by atoms with Crippen molar-refractivity contribution in [2.24, 2.45) is 0 Å². The van der Waals surface area contributed by atoms with Crippen molar-refractivity contribution in [3.63, 3.8) is 0 Å². The average molecular weight is 341 g/mol. The largest absolute Gasteiger partial charge is 0.340 e. The van der Waals surface area contributed by atoms with Gasteiger partial charge in [0, 0.05) is 31.4 Å². The molecule has 0 atom stereocenters. The number of nitrogens with one attached hydrogen (secondary N) is 1. The third-order valence-electron chi connectivity index (χ3n) is 3.48. The van der Waals surface area contributed by atoms with Crippen LogP contribution in [0.15, 0.2) is 24.3 Å². The summed E-state index contributed by atoms with van der Waals surface area (Å²) in [5, 5.41) is 7.24. The van der Waals surface area contributed by atoms with Gasteiger partial charge in [-0.25, -0.2) is 9.07 Å². The van der Waals surface area contributed by atoms with Gasteiger partial charge in [-0.05, 0) is 45.2 Å². The molecule has 23 heavy (non-hydrogen) atoms. The van der Waals surface area contributed by atoms with Crippen molar-refractivity contribution in [3.8, 4) is 5.69 Å². The van der Waals surface area contributed by atoms with Crippen LogP contribution < -0.4 is 5.32 Å². The number of carbonyl (C=O) groups is 1. The van der Waals surface area contributed by atoms with Crippen molar-refractivity contribution in [2.45, 2.75) is 13.8 Å². The zero-order valence-electron chi connectivity index (χ0n) is 13.8. The topological polar surface area (TPSA) is 50.2 Å². The first kappa shape index (κ1) is 19.1. The zero-order chi connectivity index (χ0) is 16.3. The molecular weight excluding hydrogens is 319 g/mol. The minimum absolute atomic E-state index is 0. The molecule has 0 unspecified atom stereocenters. The fourth-order valence-electron chi connectivity index (χ4n) is 2.29. The van der Waals surface area contributed by atoms with E-state index < -0.39 is 5.82 Å². The lowest BCUT2D eigenvalue weighted by molar-refractivity contribution is 0.0796. The zero-order valence-corrected chi connectivity index (χ0v) is 14.6. The van der Waals surface area contributed by atoms with Gasteiger partial charge in [0.2, 0.25) is 0 Å². The molecule has 7 heteroatoms.